The minimum atomic E-state index is -0.538. The normalized spacial score (nSPS) is 13.3. The molecule has 2 aliphatic carbocycles. The van der Waals surface area contributed by atoms with Crippen molar-refractivity contribution < 1.29 is 0 Å². The summed E-state index contributed by atoms with van der Waals surface area (Å²) >= 11 is 0. The molecule has 0 fully saturated rings. The minimum Gasteiger partial charge on any atom is -0.309 e. The first-order valence-corrected chi connectivity index (χ1v) is 23.1. The number of para-hydroxylation sites is 1. The van der Waals surface area contributed by atoms with Crippen LogP contribution in [0.5, 0.6) is 0 Å². The molecule has 13 aromatic rings. The Balaban J connectivity index is 1.02. The second-order valence-corrected chi connectivity index (χ2v) is 18.3. The predicted molar refractivity (Wildman–Crippen MR) is 278 cm³/mol. The van der Waals surface area contributed by atoms with Gasteiger partial charge >= 0.3 is 0 Å². The number of benzene rings is 12. The van der Waals surface area contributed by atoms with Crippen LogP contribution in [0.4, 0.5) is 0 Å². The van der Waals surface area contributed by atoms with Crippen molar-refractivity contribution in [1.82, 2.24) is 4.57 Å². The molecular weight excluding hydrogens is 795 g/mol. The summed E-state index contributed by atoms with van der Waals surface area (Å²) in [7, 11) is 0. The number of nitrogens with zero attached hydrogens (tertiary/aromatic N) is 1. The van der Waals surface area contributed by atoms with Gasteiger partial charge in [0.1, 0.15) is 0 Å². The van der Waals surface area contributed by atoms with Crippen molar-refractivity contribution in [3.63, 3.8) is 0 Å². The molecule has 1 heterocycles. The maximum atomic E-state index is 2.56. The zero-order valence-corrected chi connectivity index (χ0v) is 36.0. The molecule has 0 saturated heterocycles. The molecule has 1 spiro atoms. The van der Waals surface area contributed by atoms with Gasteiger partial charge in [0.15, 0.2) is 0 Å². The maximum absolute atomic E-state index is 2.56. The van der Waals surface area contributed by atoms with Gasteiger partial charge < -0.3 is 4.57 Å². The zero-order valence-electron chi connectivity index (χ0n) is 36.0. The average molecular weight is 834 g/mol. The van der Waals surface area contributed by atoms with Crippen LogP contribution in [0.3, 0.4) is 0 Å². The highest BCUT2D eigenvalue weighted by Crippen LogP contribution is 2.64. The van der Waals surface area contributed by atoms with Crippen molar-refractivity contribution >= 4 is 64.9 Å². The Labute approximate surface area is 382 Å². The molecule has 2 aliphatic rings. The van der Waals surface area contributed by atoms with Crippen LogP contribution in [0.15, 0.2) is 237 Å². The first-order chi connectivity index (χ1) is 32.8. The monoisotopic (exact) mass is 833 g/mol. The van der Waals surface area contributed by atoms with E-state index in [2.05, 4.69) is 241 Å². The highest BCUT2D eigenvalue weighted by Gasteiger charge is 2.52. The Kier molecular flexibility index (Phi) is 7.21. The van der Waals surface area contributed by atoms with Crippen LogP contribution in [0.1, 0.15) is 22.3 Å². The highest BCUT2D eigenvalue weighted by atomic mass is 15.0. The van der Waals surface area contributed by atoms with E-state index >= 15 is 0 Å². The van der Waals surface area contributed by atoms with Crippen molar-refractivity contribution in [2.75, 3.05) is 0 Å². The lowest BCUT2D eigenvalue weighted by Gasteiger charge is -2.31. The van der Waals surface area contributed by atoms with Crippen molar-refractivity contribution in [1.29, 1.82) is 0 Å². The van der Waals surface area contributed by atoms with Gasteiger partial charge in [0.2, 0.25) is 0 Å². The number of aromatic nitrogens is 1. The average Bonchev–Trinajstić information content (AvgIpc) is 3.99. The molecule has 0 radical (unpaired) electrons. The van der Waals surface area contributed by atoms with Gasteiger partial charge in [0.05, 0.1) is 16.4 Å². The van der Waals surface area contributed by atoms with Gasteiger partial charge in [-0.25, -0.2) is 0 Å². The summed E-state index contributed by atoms with van der Waals surface area (Å²) in [4.78, 5) is 0. The van der Waals surface area contributed by atoms with Crippen LogP contribution in [0.2, 0.25) is 0 Å². The number of hydrogen-bond acceptors (Lipinski definition) is 0. The van der Waals surface area contributed by atoms with E-state index in [-0.39, 0.29) is 0 Å². The minimum absolute atomic E-state index is 0.538. The lowest BCUT2D eigenvalue weighted by atomic mass is 9.70. The van der Waals surface area contributed by atoms with Crippen LogP contribution in [0.25, 0.3) is 115 Å². The third-order valence-corrected chi connectivity index (χ3v) is 15.1. The van der Waals surface area contributed by atoms with E-state index in [9.17, 15) is 0 Å². The summed E-state index contributed by atoms with van der Waals surface area (Å²) in [6.07, 6.45) is 0. The number of fused-ring (bicyclic) bond motifs is 18. The summed E-state index contributed by atoms with van der Waals surface area (Å²) in [6.45, 7) is 0. The predicted octanol–water partition coefficient (Wildman–Crippen LogP) is 17.1. The Bertz CT molecular complexity index is 4120. The Morgan fingerprint density at radius 2 is 0.788 bits per heavy atom. The van der Waals surface area contributed by atoms with E-state index in [0.29, 0.717) is 0 Å². The molecule has 1 nitrogen and oxygen atoms in total. The van der Waals surface area contributed by atoms with Gasteiger partial charge in [-0.15, -0.1) is 0 Å². The van der Waals surface area contributed by atoms with E-state index in [0.717, 1.165) is 0 Å². The molecule has 0 unspecified atom stereocenters. The van der Waals surface area contributed by atoms with Crippen molar-refractivity contribution in [2.24, 2.45) is 0 Å². The lowest BCUT2D eigenvalue weighted by molar-refractivity contribution is 0.793. The van der Waals surface area contributed by atoms with Gasteiger partial charge in [-0.1, -0.05) is 194 Å². The first-order valence-electron chi connectivity index (χ1n) is 23.1. The fraction of sp³-hybridized carbons (Fsp3) is 0.0154. The molecule has 0 N–H and O–H groups in total. The van der Waals surface area contributed by atoms with Crippen molar-refractivity contribution in [3.05, 3.63) is 259 Å². The molecule has 1 aromatic heterocycles. The SMILES string of the molecule is c1ccc(-c2c3ccccc3c(-c3ccc4c(c3)C3(c5ccccc5-c5ccccc53)c3cc(-n5c6ccccc6c6c7cc8ccccc8cc7ccc65)ccc3-4)c3ccccc23)cc1. The fourth-order valence-corrected chi connectivity index (χ4v) is 12.5. The number of rotatable bonds is 3. The molecule has 304 valence electrons. The molecule has 66 heavy (non-hydrogen) atoms. The second kappa shape index (κ2) is 13.3. The summed E-state index contributed by atoms with van der Waals surface area (Å²) in [5.41, 5.74) is 18.6. The third kappa shape index (κ3) is 4.64. The summed E-state index contributed by atoms with van der Waals surface area (Å²) in [5.74, 6) is 0. The largest absolute Gasteiger partial charge is 0.309 e. The van der Waals surface area contributed by atoms with E-state index < -0.39 is 5.41 Å². The topological polar surface area (TPSA) is 4.93 Å². The summed E-state index contributed by atoms with van der Waals surface area (Å²) in [6, 6.07) is 89.0. The standard InChI is InChI=1S/C65H39N/c1-2-16-40(17-3-1)62-50-22-6-8-24-52(50)63(53-25-9-7-23-51(53)62)44-30-33-48-49-34-32-45(39-59(49)65(58(48)38-44)56-27-13-10-20-46(56)47-21-11-14-28-57(47)65)66-60-29-15-12-26-54(60)64-55-37-42-19-5-4-18-41(42)36-43(55)31-35-61(64)66/h1-39H. The lowest BCUT2D eigenvalue weighted by Crippen LogP contribution is -2.26. The zero-order chi connectivity index (χ0) is 43.1. The molecule has 0 bridgehead atoms. The van der Waals surface area contributed by atoms with Crippen molar-refractivity contribution in [3.8, 4) is 50.2 Å². The van der Waals surface area contributed by atoms with Crippen LogP contribution in [-0.2, 0) is 5.41 Å². The Hall–Kier alpha value is -8.52. The van der Waals surface area contributed by atoms with E-state index in [1.165, 1.54) is 137 Å². The van der Waals surface area contributed by atoms with Crippen molar-refractivity contribution in [2.45, 2.75) is 5.41 Å². The molecule has 0 atom stereocenters. The van der Waals surface area contributed by atoms with Gasteiger partial charge in [-0.2, -0.15) is 0 Å². The van der Waals surface area contributed by atoms with Crippen LogP contribution in [-0.4, -0.2) is 4.57 Å². The highest BCUT2D eigenvalue weighted by molar-refractivity contribution is 6.24. The molecular formula is C65H39N. The fourth-order valence-electron chi connectivity index (χ4n) is 12.5. The van der Waals surface area contributed by atoms with Gasteiger partial charge in [0, 0.05) is 16.5 Å². The van der Waals surface area contributed by atoms with Gasteiger partial charge in [-0.3, -0.25) is 0 Å². The smallest absolute Gasteiger partial charge is 0.0726 e. The van der Waals surface area contributed by atoms with Gasteiger partial charge in [-0.05, 0) is 152 Å². The quantitative estimate of drug-likeness (QED) is 0.156. The second-order valence-electron chi connectivity index (χ2n) is 18.3. The van der Waals surface area contributed by atoms with Crippen LogP contribution < -0.4 is 0 Å². The molecule has 15 rings (SSSR count). The molecule has 0 saturated carbocycles. The molecule has 1 heteroatoms. The van der Waals surface area contributed by atoms with Gasteiger partial charge in [0.25, 0.3) is 0 Å². The third-order valence-electron chi connectivity index (χ3n) is 15.1. The Morgan fingerprint density at radius 3 is 1.47 bits per heavy atom. The first kappa shape index (κ1) is 35.9. The molecule has 0 amide bonds. The van der Waals surface area contributed by atoms with E-state index in [4.69, 9.17) is 0 Å². The van der Waals surface area contributed by atoms with Crippen LogP contribution in [0, 0.1) is 0 Å². The number of hydrogen-bond donors (Lipinski definition) is 0. The van der Waals surface area contributed by atoms with E-state index in [1.54, 1.807) is 0 Å². The summed E-state index contributed by atoms with van der Waals surface area (Å²) in [5, 5.41) is 12.7. The van der Waals surface area contributed by atoms with E-state index in [1.807, 2.05) is 0 Å². The summed E-state index contributed by atoms with van der Waals surface area (Å²) < 4.78 is 2.51. The molecule has 12 aromatic carbocycles. The van der Waals surface area contributed by atoms with Crippen LogP contribution >= 0.6 is 0 Å². The Morgan fingerprint density at radius 1 is 0.273 bits per heavy atom. The maximum Gasteiger partial charge on any atom is 0.0726 e. The molecule has 0 aliphatic heterocycles.